The van der Waals surface area contributed by atoms with Crippen molar-refractivity contribution in [1.29, 1.82) is 0 Å². The molecule has 0 saturated carbocycles. The normalized spacial score (nSPS) is 14.5. The van der Waals surface area contributed by atoms with Gasteiger partial charge in [0.05, 0.1) is 0 Å². The van der Waals surface area contributed by atoms with Crippen LogP contribution in [0, 0.1) is 0 Å². The lowest BCUT2D eigenvalue weighted by molar-refractivity contribution is -0.135. The number of fused-ring (bicyclic) bond motifs is 2. The number of carbonyl (C=O) groups excluding carboxylic acids is 1. The van der Waals surface area contributed by atoms with Gasteiger partial charge in [-0.2, -0.15) is 0 Å². The van der Waals surface area contributed by atoms with Crippen LogP contribution in [0.1, 0.15) is 11.1 Å². The van der Waals surface area contributed by atoms with Crippen LogP contribution in [0.3, 0.4) is 0 Å². The SMILES string of the molecule is NCCc1c[nH]c2ccc(OCCN3CCN(C(=O)COc4ccc5[nH]cc(CCN)c5c4)CC3)cc12. The Kier molecular flexibility index (Phi) is 7.93. The monoisotopic (exact) mass is 504 g/mol. The highest BCUT2D eigenvalue weighted by molar-refractivity contribution is 5.85. The van der Waals surface area contributed by atoms with Crippen molar-refractivity contribution in [3.05, 3.63) is 59.9 Å². The summed E-state index contributed by atoms with van der Waals surface area (Å²) in [5.41, 5.74) is 16.0. The number of aromatic amines is 2. The second-order valence-electron chi connectivity index (χ2n) is 9.48. The third-order valence-corrected chi connectivity index (χ3v) is 7.07. The molecule has 1 fully saturated rings. The molecule has 0 unspecified atom stereocenters. The number of nitrogens with zero attached hydrogens (tertiary/aromatic N) is 2. The molecule has 1 amide bonds. The highest BCUT2D eigenvalue weighted by Gasteiger charge is 2.21. The number of nitrogens with two attached hydrogens (primary N) is 2. The summed E-state index contributed by atoms with van der Waals surface area (Å²) in [5, 5.41) is 2.26. The van der Waals surface area contributed by atoms with Gasteiger partial charge in [-0.1, -0.05) is 0 Å². The average molecular weight is 505 g/mol. The molecule has 0 spiro atoms. The van der Waals surface area contributed by atoms with Crippen molar-refractivity contribution in [2.45, 2.75) is 12.8 Å². The fourth-order valence-corrected chi connectivity index (χ4v) is 4.97. The predicted octanol–water partition coefficient (Wildman–Crippen LogP) is 2.25. The second-order valence-corrected chi connectivity index (χ2v) is 9.48. The maximum atomic E-state index is 12.7. The van der Waals surface area contributed by atoms with Crippen molar-refractivity contribution in [1.82, 2.24) is 19.8 Å². The van der Waals surface area contributed by atoms with E-state index in [0.29, 0.717) is 38.5 Å². The minimum atomic E-state index is 0.0142. The summed E-state index contributed by atoms with van der Waals surface area (Å²) < 4.78 is 11.9. The largest absolute Gasteiger partial charge is 0.492 e. The van der Waals surface area contributed by atoms with Gasteiger partial charge >= 0.3 is 0 Å². The van der Waals surface area contributed by atoms with E-state index in [0.717, 1.165) is 60.2 Å². The Morgan fingerprint density at radius 1 is 0.811 bits per heavy atom. The van der Waals surface area contributed by atoms with E-state index < -0.39 is 0 Å². The van der Waals surface area contributed by atoms with E-state index in [1.165, 1.54) is 10.9 Å². The quantitative estimate of drug-likeness (QED) is 0.248. The van der Waals surface area contributed by atoms with E-state index in [4.69, 9.17) is 20.9 Å². The fraction of sp³-hybridized carbons (Fsp3) is 0.393. The van der Waals surface area contributed by atoms with Gasteiger partial charge in [-0.3, -0.25) is 9.69 Å². The Hall–Kier alpha value is -3.53. The van der Waals surface area contributed by atoms with E-state index in [2.05, 4.69) is 20.9 Å². The molecule has 6 N–H and O–H groups in total. The number of aromatic nitrogens is 2. The minimum Gasteiger partial charge on any atom is -0.492 e. The maximum Gasteiger partial charge on any atom is 0.260 e. The number of hydrogen-bond donors (Lipinski definition) is 4. The van der Waals surface area contributed by atoms with Crippen LogP contribution >= 0.6 is 0 Å². The molecule has 0 aliphatic carbocycles. The summed E-state index contributed by atoms with van der Waals surface area (Å²) in [6.45, 7) is 5.71. The summed E-state index contributed by atoms with van der Waals surface area (Å²) in [4.78, 5) is 23.5. The van der Waals surface area contributed by atoms with Crippen molar-refractivity contribution in [2.24, 2.45) is 11.5 Å². The summed E-state index contributed by atoms with van der Waals surface area (Å²) >= 11 is 0. The van der Waals surface area contributed by atoms with E-state index in [1.807, 2.05) is 47.6 Å². The molecule has 0 atom stereocenters. The molecule has 1 aliphatic heterocycles. The first kappa shape index (κ1) is 25.1. The Labute approximate surface area is 216 Å². The zero-order valence-corrected chi connectivity index (χ0v) is 21.2. The van der Waals surface area contributed by atoms with Gasteiger partial charge in [0.2, 0.25) is 0 Å². The Morgan fingerprint density at radius 2 is 1.38 bits per heavy atom. The van der Waals surface area contributed by atoms with Crippen molar-refractivity contribution >= 4 is 27.7 Å². The van der Waals surface area contributed by atoms with Crippen LogP contribution in [0.4, 0.5) is 0 Å². The third-order valence-electron chi connectivity index (χ3n) is 7.07. The molecule has 0 bridgehead atoms. The van der Waals surface area contributed by atoms with Gasteiger partial charge in [0.1, 0.15) is 18.1 Å². The Morgan fingerprint density at radius 3 is 1.95 bits per heavy atom. The van der Waals surface area contributed by atoms with E-state index in [9.17, 15) is 4.79 Å². The molecule has 1 saturated heterocycles. The van der Waals surface area contributed by atoms with Crippen LogP contribution in [-0.2, 0) is 17.6 Å². The van der Waals surface area contributed by atoms with Gasteiger partial charge in [-0.05, 0) is 73.5 Å². The van der Waals surface area contributed by atoms with Crippen LogP contribution in [0.2, 0.25) is 0 Å². The van der Waals surface area contributed by atoms with Crippen LogP contribution in [0.25, 0.3) is 21.8 Å². The summed E-state index contributed by atoms with van der Waals surface area (Å²) in [7, 11) is 0. The van der Waals surface area contributed by atoms with Crippen LogP contribution in [0.5, 0.6) is 11.5 Å². The molecular formula is C28H36N6O3. The van der Waals surface area contributed by atoms with Crippen LogP contribution in [-0.4, -0.2) is 84.7 Å². The molecule has 37 heavy (non-hydrogen) atoms. The lowest BCUT2D eigenvalue weighted by Gasteiger charge is -2.34. The molecule has 196 valence electrons. The molecule has 3 heterocycles. The fourth-order valence-electron chi connectivity index (χ4n) is 4.97. The molecule has 9 nitrogen and oxygen atoms in total. The van der Waals surface area contributed by atoms with Crippen molar-refractivity contribution in [2.75, 3.05) is 59.0 Å². The van der Waals surface area contributed by atoms with Crippen LogP contribution < -0.4 is 20.9 Å². The highest BCUT2D eigenvalue weighted by atomic mass is 16.5. The molecular weight excluding hydrogens is 468 g/mol. The lowest BCUT2D eigenvalue weighted by atomic mass is 10.1. The van der Waals surface area contributed by atoms with Gasteiger partial charge < -0.3 is 35.8 Å². The molecule has 9 heteroatoms. The molecule has 2 aromatic carbocycles. The Balaban J connectivity index is 1.05. The van der Waals surface area contributed by atoms with E-state index in [1.54, 1.807) is 0 Å². The summed E-state index contributed by atoms with van der Waals surface area (Å²) in [5.74, 6) is 1.58. The molecule has 0 radical (unpaired) electrons. The zero-order valence-electron chi connectivity index (χ0n) is 21.2. The zero-order chi connectivity index (χ0) is 25.6. The van der Waals surface area contributed by atoms with Crippen molar-refractivity contribution < 1.29 is 14.3 Å². The smallest absolute Gasteiger partial charge is 0.260 e. The highest BCUT2D eigenvalue weighted by Crippen LogP contribution is 2.25. The van der Waals surface area contributed by atoms with Gasteiger partial charge in [-0.15, -0.1) is 0 Å². The van der Waals surface area contributed by atoms with Gasteiger partial charge in [0, 0.05) is 66.9 Å². The van der Waals surface area contributed by atoms with Gasteiger partial charge in [-0.25, -0.2) is 0 Å². The van der Waals surface area contributed by atoms with Crippen molar-refractivity contribution in [3.63, 3.8) is 0 Å². The number of rotatable bonds is 11. The van der Waals surface area contributed by atoms with Crippen LogP contribution in [0.15, 0.2) is 48.8 Å². The second kappa shape index (κ2) is 11.7. The summed E-state index contributed by atoms with van der Waals surface area (Å²) in [6.07, 6.45) is 5.65. The number of benzene rings is 2. The number of piperazine rings is 1. The number of H-pyrrole nitrogens is 2. The third kappa shape index (κ3) is 5.90. The predicted molar refractivity (Wildman–Crippen MR) is 146 cm³/mol. The standard InChI is InChI=1S/C28H36N6O3/c29-7-5-20-17-31-26-3-1-22(15-24(20)26)36-14-13-33-9-11-34(12-10-33)28(35)19-37-23-2-4-27-25(16-23)21(6-8-30)18-32-27/h1-4,15-18,31-32H,5-14,19,29-30H2. The number of nitrogens with one attached hydrogen (secondary N) is 2. The molecule has 2 aromatic heterocycles. The number of hydrogen-bond acceptors (Lipinski definition) is 6. The Bertz CT molecular complexity index is 1340. The average Bonchev–Trinajstić information content (AvgIpc) is 3.52. The first-order valence-corrected chi connectivity index (χ1v) is 13.0. The van der Waals surface area contributed by atoms with E-state index >= 15 is 0 Å². The van der Waals surface area contributed by atoms with Gasteiger partial charge in [0.25, 0.3) is 5.91 Å². The lowest BCUT2D eigenvalue weighted by Crippen LogP contribution is -2.50. The number of ether oxygens (including phenoxy) is 2. The number of carbonyl (C=O) groups is 1. The minimum absolute atomic E-state index is 0.0142. The number of amides is 1. The first-order chi connectivity index (χ1) is 18.1. The van der Waals surface area contributed by atoms with Gasteiger partial charge in [0.15, 0.2) is 6.61 Å². The van der Waals surface area contributed by atoms with E-state index in [-0.39, 0.29) is 12.5 Å². The first-order valence-electron chi connectivity index (χ1n) is 13.0. The topological polar surface area (TPSA) is 126 Å². The maximum absolute atomic E-state index is 12.7. The molecule has 5 rings (SSSR count). The molecule has 4 aromatic rings. The van der Waals surface area contributed by atoms with Crippen molar-refractivity contribution in [3.8, 4) is 11.5 Å². The molecule has 1 aliphatic rings. The summed E-state index contributed by atoms with van der Waals surface area (Å²) in [6, 6.07) is 12.0.